The van der Waals surface area contributed by atoms with E-state index in [2.05, 4.69) is 0 Å². The molecule has 2 rings (SSSR count). The number of carbonyl (C=O) groups is 1. The van der Waals surface area contributed by atoms with E-state index >= 15 is 0 Å². The van der Waals surface area contributed by atoms with Crippen molar-refractivity contribution in [1.29, 1.82) is 0 Å². The third-order valence-electron chi connectivity index (χ3n) is 2.35. The molecule has 0 saturated heterocycles. The lowest BCUT2D eigenvalue weighted by Gasteiger charge is -2.09. The Morgan fingerprint density at radius 2 is 1.81 bits per heavy atom. The average molecular weight is 280 g/mol. The maximum atomic E-state index is 11.4. The molecular formula is C11H9Cl3O2. The van der Waals surface area contributed by atoms with E-state index in [0.717, 1.165) is 12.8 Å². The monoisotopic (exact) mass is 278 g/mol. The highest BCUT2D eigenvalue weighted by Gasteiger charge is 2.29. The summed E-state index contributed by atoms with van der Waals surface area (Å²) >= 11 is 17.6. The van der Waals surface area contributed by atoms with Crippen molar-refractivity contribution in [1.82, 2.24) is 0 Å². The quantitative estimate of drug-likeness (QED) is 0.832. The van der Waals surface area contributed by atoms with E-state index in [0.29, 0.717) is 20.8 Å². The predicted molar refractivity (Wildman–Crippen MR) is 64.7 cm³/mol. The third kappa shape index (κ3) is 2.82. The molecule has 0 atom stereocenters. The fourth-order valence-corrected chi connectivity index (χ4v) is 2.26. The minimum absolute atomic E-state index is 0.0196. The number of carbonyl (C=O) groups excluding carboxylic acids is 1. The summed E-state index contributed by atoms with van der Waals surface area (Å²) in [5, 5.41) is 1.08. The summed E-state index contributed by atoms with van der Waals surface area (Å²) in [6.45, 7) is 0.0196. The van der Waals surface area contributed by atoms with Crippen LogP contribution >= 0.6 is 34.8 Å². The first-order valence-corrected chi connectivity index (χ1v) is 6.01. The van der Waals surface area contributed by atoms with Crippen molar-refractivity contribution in [3.8, 4) is 5.75 Å². The Morgan fingerprint density at radius 3 is 2.31 bits per heavy atom. The Hall–Kier alpha value is -0.440. The van der Waals surface area contributed by atoms with E-state index in [1.807, 2.05) is 0 Å². The SMILES string of the molecule is O=C(COc1c(Cl)cc(Cl)cc1Cl)C1CC1. The van der Waals surface area contributed by atoms with Crippen molar-refractivity contribution in [2.75, 3.05) is 6.61 Å². The van der Waals surface area contributed by atoms with Crippen molar-refractivity contribution in [2.24, 2.45) is 5.92 Å². The molecule has 1 saturated carbocycles. The van der Waals surface area contributed by atoms with E-state index in [4.69, 9.17) is 39.5 Å². The second-order valence-corrected chi connectivity index (χ2v) is 4.98. The number of rotatable bonds is 4. The highest BCUT2D eigenvalue weighted by atomic mass is 35.5. The zero-order valence-electron chi connectivity index (χ0n) is 8.30. The largest absolute Gasteiger partial charge is 0.483 e. The lowest BCUT2D eigenvalue weighted by molar-refractivity contribution is -0.122. The maximum absolute atomic E-state index is 11.4. The van der Waals surface area contributed by atoms with Gasteiger partial charge in [0.2, 0.25) is 0 Å². The minimum Gasteiger partial charge on any atom is -0.483 e. The molecule has 86 valence electrons. The van der Waals surface area contributed by atoms with Crippen LogP contribution in [-0.4, -0.2) is 12.4 Å². The fourth-order valence-electron chi connectivity index (χ4n) is 1.33. The van der Waals surface area contributed by atoms with Crippen molar-refractivity contribution < 1.29 is 9.53 Å². The molecule has 0 aromatic heterocycles. The predicted octanol–water partition coefficient (Wildman–Crippen LogP) is 4.00. The lowest BCUT2D eigenvalue weighted by Crippen LogP contribution is -2.13. The van der Waals surface area contributed by atoms with Crippen LogP contribution in [0.2, 0.25) is 15.1 Å². The van der Waals surface area contributed by atoms with Crippen molar-refractivity contribution in [3.63, 3.8) is 0 Å². The normalized spacial score (nSPS) is 14.9. The molecule has 2 nitrogen and oxygen atoms in total. The van der Waals surface area contributed by atoms with Gasteiger partial charge in [0, 0.05) is 10.9 Å². The molecule has 1 aromatic carbocycles. The molecule has 16 heavy (non-hydrogen) atoms. The summed E-state index contributed by atoms with van der Waals surface area (Å²) in [5.41, 5.74) is 0. The second kappa shape index (κ2) is 4.82. The van der Waals surface area contributed by atoms with E-state index < -0.39 is 0 Å². The van der Waals surface area contributed by atoms with Crippen LogP contribution in [0.3, 0.4) is 0 Å². The Kier molecular flexibility index (Phi) is 3.63. The van der Waals surface area contributed by atoms with Gasteiger partial charge in [-0.2, -0.15) is 0 Å². The molecule has 0 radical (unpaired) electrons. The van der Waals surface area contributed by atoms with Gasteiger partial charge in [0.25, 0.3) is 0 Å². The lowest BCUT2D eigenvalue weighted by atomic mass is 10.3. The summed E-state index contributed by atoms with van der Waals surface area (Å²) in [6.07, 6.45) is 1.93. The number of benzene rings is 1. The molecule has 0 heterocycles. The van der Waals surface area contributed by atoms with Crippen molar-refractivity contribution in [3.05, 3.63) is 27.2 Å². The van der Waals surface area contributed by atoms with Crippen LogP contribution < -0.4 is 4.74 Å². The average Bonchev–Trinajstić information content (AvgIpc) is 2.98. The zero-order chi connectivity index (χ0) is 11.7. The molecule has 5 heteroatoms. The van der Waals surface area contributed by atoms with Gasteiger partial charge in [-0.1, -0.05) is 34.8 Å². The first-order chi connectivity index (χ1) is 7.58. The molecule has 0 bridgehead atoms. The number of hydrogen-bond donors (Lipinski definition) is 0. The highest BCUT2D eigenvalue weighted by molar-refractivity contribution is 6.40. The fraction of sp³-hybridized carbons (Fsp3) is 0.364. The summed E-state index contributed by atoms with van der Waals surface area (Å²) < 4.78 is 5.31. The van der Waals surface area contributed by atoms with Gasteiger partial charge in [0.05, 0.1) is 10.0 Å². The summed E-state index contributed by atoms with van der Waals surface area (Å²) in [6, 6.07) is 3.07. The van der Waals surface area contributed by atoms with Gasteiger partial charge in [-0.05, 0) is 25.0 Å². The number of ketones is 1. The Labute approximate surface area is 108 Å². The van der Waals surface area contributed by atoms with Crippen molar-refractivity contribution >= 4 is 40.6 Å². The van der Waals surface area contributed by atoms with Gasteiger partial charge in [0.15, 0.2) is 11.5 Å². The maximum Gasteiger partial charge on any atom is 0.173 e. The van der Waals surface area contributed by atoms with E-state index in [-0.39, 0.29) is 18.3 Å². The van der Waals surface area contributed by atoms with Gasteiger partial charge in [-0.15, -0.1) is 0 Å². The smallest absolute Gasteiger partial charge is 0.173 e. The zero-order valence-corrected chi connectivity index (χ0v) is 10.6. The van der Waals surface area contributed by atoms with E-state index in [9.17, 15) is 4.79 Å². The summed E-state index contributed by atoms with van der Waals surface area (Å²) in [4.78, 5) is 11.4. The van der Waals surface area contributed by atoms with E-state index in [1.54, 1.807) is 0 Å². The van der Waals surface area contributed by atoms with Crippen LogP contribution in [0.15, 0.2) is 12.1 Å². The van der Waals surface area contributed by atoms with Crippen LogP contribution in [0.1, 0.15) is 12.8 Å². The Balaban J connectivity index is 2.05. The number of hydrogen-bond acceptors (Lipinski definition) is 2. The van der Waals surface area contributed by atoms with Gasteiger partial charge >= 0.3 is 0 Å². The first kappa shape index (κ1) is 12.0. The second-order valence-electron chi connectivity index (χ2n) is 3.73. The van der Waals surface area contributed by atoms with Crippen LogP contribution in [0.5, 0.6) is 5.75 Å². The molecule has 0 aliphatic heterocycles. The van der Waals surface area contributed by atoms with Crippen LogP contribution in [0.4, 0.5) is 0 Å². The molecule has 0 spiro atoms. The van der Waals surface area contributed by atoms with Crippen LogP contribution in [-0.2, 0) is 4.79 Å². The van der Waals surface area contributed by atoms with Gasteiger partial charge in [-0.25, -0.2) is 0 Å². The molecule has 1 fully saturated rings. The molecule has 1 aliphatic carbocycles. The van der Waals surface area contributed by atoms with Crippen LogP contribution in [0, 0.1) is 5.92 Å². The topological polar surface area (TPSA) is 26.3 Å². The number of Topliss-reactive ketones (excluding diaryl/α,β-unsaturated/α-hetero) is 1. The Morgan fingerprint density at radius 1 is 1.25 bits per heavy atom. The molecule has 0 amide bonds. The number of halogens is 3. The molecule has 0 N–H and O–H groups in total. The Bertz CT molecular complexity index is 404. The molecular weight excluding hydrogens is 270 g/mol. The van der Waals surface area contributed by atoms with Gasteiger partial charge in [0.1, 0.15) is 6.61 Å². The van der Waals surface area contributed by atoms with Gasteiger partial charge < -0.3 is 4.74 Å². The number of ether oxygens (including phenoxy) is 1. The minimum atomic E-state index is 0.0196. The van der Waals surface area contributed by atoms with Crippen molar-refractivity contribution in [2.45, 2.75) is 12.8 Å². The standard InChI is InChI=1S/C11H9Cl3O2/c12-7-3-8(13)11(9(14)4-7)16-5-10(15)6-1-2-6/h3-4,6H,1-2,5H2. The van der Waals surface area contributed by atoms with Crippen LogP contribution in [0.25, 0.3) is 0 Å². The summed E-state index contributed by atoms with van der Waals surface area (Å²) in [7, 11) is 0. The first-order valence-electron chi connectivity index (χ1n) is 4.88. The van der Waals surface area contributed by atoms with E-state index in [1.165, 1.54) is 12.1 Å². The third-order valence-corrected chi connectivity index (χ3v) is 3.13. The summed E-state index contributed by atoms with van der Waals surface area (Å²) in [5.74, 6) is 0.591. The molecule has 1 aromatic rings. The van der Waals surface area contributed by atoms with Gasteiger partial charge in [-0.3, -0.25) is 4.79 Å². The molecule has 1 aliphatic rings. The molecule has 0 unspecified atom stereocenters. The highest BCUT2D eigenvalue weighted by Crippen LogP contribution is 2.36.